The van der Waals surface area contributed by atoms with Gasteiger partial charge in [-0.05, 0) is 19.4 Å². The molecule has 0 aromatic rings. The summed E-state index contributed by atoms with van der Waals surface area (Å²) in [5, 5.41) is 0. The van der Waals surface area contributed by atoms with Crippen molar-refractivity contribution >= 4 is 6.29 Å². The fourth-order valence-electron chi connectivity index (χ4n) is 0.501. The van der Waals surface area contributed by atoms with Crippen LogP contribution in [0, 0.1) is 0 Å². The Morgan fingerprint density at radius 3 is 1.69 bits per heavy atom. The van der Waals surface area contributed by atoms with E-state index in [9.17, 15) is 4.79 Å². The van der Waals surface area contributed by atoms with Gasteiger partial charge in [-0.3, -0.25) is 4.79 Å². The van der Waals surface area contributed by atoms with Crippen molar-refractivity contribution in [3.8, 4) is 0 Å². The molecule has 0 N–H and O–H groups in total. The molecule has 0 heterocycles. The topological polar surface area (TPSA) is 17.1 Å². The van der Waals surface area contributed by atoms with Gasteiger partial charge in [0.25, 0.3) is 0 Å². The molecule has 0 saturated carbocycles. The van der Waals surface area contributed by atoms with Crippen molar-refractivity contribution in [3.63, 3.8) is 0 Å². The second-order valence-corrected chi connectivity index (χ2v) is 2.37. The van der Waals surface area contributed by atoms with Gasteiger partial charge in [-0.25, -0.2) is 0 Å². The molecule has 1 heteroatoms. The third-order valence-electron chi connectivity index (χ3n) is 1.36. The van der Waals surface area contributed by atoms with Gasteiger partial charge in [-0.1, -0.05) is 64.0 Å². The number of carbonyl (C=O) groups is 1. The molecule has 0 rings (SSSR count). The van der Waals surface area contributed by atoms with Gasteiger partial charge in [0, 0.05) is 5.57 Å². The molecular formula is C15H24O. The lowest BCUT2D eigenvalue weighted by molar-refractivity contribution is -0.104. The van der Waals surface area contributed by atoms with Crippen molar-refractivity contribution in [2.75, 3.05) is 0 Å². The predicted molar refractivity (Wildman–Crippen MR) is 75.5 cm³/mol. The van der Waals surface area contributed by atoms with E-state index < -0.39 is 0 Å². The normalized spacial score (nSPS) is 9.12. The molecule has 0 radical (unpaired) electrons. The van der Waals surface area contributed by atoms with Crippen LogP contribution >= 0.6 is 0 Å². The van der Waals surface area contributed by atoms with E-state index in [2.05, 4.69) is 19.7 Å². The van der Waals surface area contributed by atoms with E-state index in [1.165, 1.54) is 0 Å². The Morgan fingerprint density at radius 2 is 1.50 bits per heavy atom. The first-order valence-corrected chi connectivity index (χ1v) is 5.34. The zero-order valence-electron chi connectivity index (χ0n) is 11.0. The number of carbonyl (C=O) groups excluding carboxylic acids is 1. The Morgan fingerprint density at radius 1 is 1.06 bits per heavy atom. The molecule has 0 aromatic carbocycles. The van der Waals surface area contributed by atoms with Crippen molar-refractivity contribution < 1.29 is 4.79 Å². The van der Waals surface area contributed by atoms with Gasteiger partial charge in [0.05, 0.1) is 0 Å². The van der Waals surface area contributed by atoms with Crippen LogP contribution in [0.15, 0.2) is 61.3 Å². The van der Waals surface area contributed by atoms with Crippen LogP contribution in [0.3, 0.4) is 0 Å². The van der Waals surface area contributed by atoms with E-state index in [1.54, 1.807) is 18.2 Å². The van der Waals surface area contributed by atoms with Crippen LogP contribution in [-0.4, -0.2) is 6.29 Å². The third kappa shape index (κ3) is 14.9. The Hall–Kier alpha value is -1.63. The van der Waals surface area contributed by atoms with Gasteiger partial charge in [0.15, 0.2) is 0 Å². The van der Waals surface area contributed by atoms with E-state index in [0.29, 0.717) is 17.4 Å². The third-order valence-corrected chi connectivity index (χ3v) is 1.36. The number of rotatable bonds is 4. The maximum atomic E-state index is 10.2. The van der Waals surface area contributed by atoms with Crippen LogP contribution in [-0.2, 0) is 4.79 Å². The summed E-state index contributed by atoms with van der Waals surface area (Å²) < 4.78 is 0. The zero-order valence-corrected chi connectivity index (χ0v) is 11.0. The lowest BCUT2D eigenvalue weighted by Crippen LogP contribution is -1.83. The number of hydrogen-bond donors (Lipinski definition) is 0. The Balaban J connectivity index is -0.000000237. The van der Waals surface area contributed by atoms with Crippen molar-refractivity contribution in [2.45, 2.75) is 27.7 Å². The Kier molecular flexibility index (Phi) is 23.6. The van der Waals surface area contributed by atoms with Crippen LogP contribution in [0.2, 0.25) is 0 Å². The number of hydrogen-bond acceptors (Lipinski definition) is 1. The monoisotopic (exact) mass is 220 g/mol. The fourth-order valence-corrected chi connectivity index (χ4v) is 0.501. The first-order chi connectivity index (χ1) is 7.67. The summed E-state index contributed by atoms with van der Waals surface area (Å²) in [6, 6.07) is 0. The summed E-state index contributed by atoms with van der Waals surface area (Å²) in [6.45, 7) is 18.5. The first kappa shape index (κ1) is 19.9. The molecule has 90 valence electrons. The average Bonchev–Trinajstić information content (AvgIpc) is 2.37. The highest BCUT2D eigenvalue weighted by Crippen LogP contribution is 2.05. The predicted octanol–water partition coefficient (Wildman–Crippen LogP) is 4.65. The molecule has 16 heavy (non-hydrogen) atoms. The summed E-state index contributed by atoms with van der Waals surface area (Å²) in [6.07, 6.45) is 9.53. The first-order valence-electron chi connectivity index (χ1n) is 5.34. The van der Waals surface area contributed by atoms with E-state index >= 15 is 0 Å². The van der Waals surface area contributed by atoms with Crippen LogP contribution in [0.5, 0.6) is 0 Å². The molecule has 0 aliphatic carbocycles. The summed E-state index contributed by atoms with van der Waals surface area (Å²) in [5.74, 6) is 0. The molecule has 1 nitrogen and oxygen atoms in total. The van der Waals surface area contributed by atoms with Gasteiger partial charge in [0.2, 0.25) is 0 Å². The SMILES string of the molecule is C/C=C\C.C=C/C=C(\C=C)C(=C)C=O.CC. The molecule has 0 aliphatic heterocycles. The van der Waals surface area contributed by atoms with Crippen molar-refractivity contribution in [1.82, 2.24) is 0 Å². The lowest BCUT2D eigenvalue weighted by Gasteiger charge is -1.93. The molecule has 0 aromatic heterocycles. The summed E-state index contributed by atoms with van der Waals surface area (Å²) in [4.78, 5) is 10.2. The molecule has 0 spiro atoms. The van der Waals surface area contributed by atoms with E-state index in [4.69, 9.17) is 0 Å². The Labute approximate surface area is 101 Å². The van der Waals surface area contributed by atoms with Crippen LogP contribution in [0.4, 0.5) is 0 Å². The highest BCUT2D eigenvalue weighted by molar-refractivity contribution is 5.80. The smallest absolute Gasteiger partial charge is 0.150 e. The molecule has 0 amide bonds. The highest BCUT2D eigenvalue weighted by atomic mass is 16.1. The molecule has 0 atom stereocenters. The molecule has 0 aliphatic rings. The average molecular weight is 220 g/mol. The van der Waals surface area contributed by atoms with Gasteiger partial charge in [0.1, 0.15) is 6.29 Å². The van der Waals surface area contributed by atoms with Crippen LogP contribution in [0.25, 0.3) is 0 Å². The molecular weight excluding hydrogens is 196 g/mol. The second kappa shape index (κ2) is 19.0. The van der Waals surface area contributed by atoms with Gasteiger partial charge < -0.3 is 0 Å². The maximum Gasteiger partial charge on any atom is 0.150 e. The quantitative estimate of drug-likeness (QED) is 0.292. The van der Waals surface area contributed by atoms with E-state index in [1.807, 2.05) is 39.8 Å². The standard InChI is InChI=1S/C9H10O.C4H8.C2H6/c1-4-6-9(5-2)8(3)7-10;1-3-4-2;1-2/h4-7H,1-3H2;3-4H,1-2H3;1-2H3/b9-6+;4-3-;. The molecule has 0 saturated heterocycles. The molecule has 0 fully saturated rings. The lowest BCUT2D eigenvalue weighted by atomic mass is 10.1. The summed E-state index contributed by atoms with van der Waals surface area (Å²) in [7, 11) is 0. The minimum Gasteiger partial charge on any atom is -0.298 e. The minimum atomic E-state index is 0.426. The van der Waals surface area contributed by atoms with Crippen molar-refractivity contribution in [2.24, 2.45) is 0 Å². The van der Waals surface area contributed by atoms with Gasteiger partial charge >= 0.3 is 0 Å². The number of aldehydes is 1. The zero-order chi connectivity index (χ0) is 13.4. The van der Waals surface area contributed by atoms with Crippen LogP contribution in [0.1, 0.15) is 27.7 Å². The van der Waals surface area contributed by atoms with E-state index in [0.717, 1.165) is 0 Å². The van der Waals surface area contributed by atoms with Crippen molar-refractivity contribution in [3.05, 3.63) is 61.3 Å². The fraction of sp³-hybridized carbons (Fsp3) is 0.267. The van der Waals surface area contributed by atoms with Gasteiger partial charge in [-0.2, -0.15) is 0 Å². The molecule has 0 bridgehead atoms. The number of allylic oxidation sites excluding steroid dienone is 7. The Bertz CT molecular complexity index is 251. The van der Waals surface area contributed by atoms with Crippen molar-refractivity contribution in [1.29, 1.82) is 0 Å². The highest BCUT2D eigenvalue weighted by Gasteiger charge is 1.92. The van der Waals surface area contributed by atoms with Gasteiger partial charge in [-0.15, -0.1) is 0 Å². The molecule has 0 unspecified atom stereocenters. The van der Waals surface area contributed by atoms with Crippen LogP contribution < -0.4 is 0 Å². The largest absolute Gasteiger partial charge is 0.298 e. The second-order valence-electron chi connectivity index (χ2n) is 2.37. The van der Waals surface area contributed by atoms with E-state index in [-0.39, 0.29) is 0 Å². The summed E-state index contributed by atoms with van der Waals surface area (Å²) in [5.41, 5.74) is 1.14. The summed E-state index contributed by atoms with van der Waals surface area (Å²) >= 11 is 0. The minimum absolute atomic E-state index is 0.426. The maximum absolute atomic E-state index is 10.2.